The van der Waals surface area contributed by atoms with Gasteiger partial charge in [0.1, 0.15) is 12.4 Å². The summed E-state index contributed by atoms with van der Waals surface area (Å²) in [6, 6.07) is 23.6. The third kappa shape index (κ3) is 5.37. The molecular weight excluding hydrogens is 610 g/mol. The van der Waals surface area contributed by atoms with Gasteiger partial charge in [-0.2, -0.15) is 9.78 Å². The molecular formula is C30H25Br2N3O3. The molecule has 0 aliphatic heterocycles. The predicted molar refractivity (Wildman–Crippen MR) is 160 cm³/mol. The number of nitrogens with zero attached hydrogens (tertiary/aromatic N) is 3. The van der Waals surface area contributed by atoms with Crippen molar-refractivity contribution in [3.63, 3.8) is 0 Å². The molecule has 5 rings (SSSR count). The Balaban J connectivity index is 1.46. The van der Waals surface area contributed by atoms with Gasteiger partial charge in [0.05, 0.1) is 28.7 Å². The van der Waals surface area contributed by atoms with Gasteiger partial charge < -0.3 is 9.47 Å². The van der Waals surface area contributed by atoms with Crippen molar-refractivity contribution >= 4 is 59.7 Å². The van der Waals surface area contributed by atoms with Crippen LogP contribution in [0.25, 0.3) is 21.7 Å². The summed E-state index contributed by atoms with van der Waals surface area (Å²) in [4.78, 5) is 18.0. The summed E-state index contributed by atoms with van der Waals surface area (Å²) in [7, 11) is 1.60. The third-order valence-corrected chi connectivity index (χ3v) is 7.26. The van der Waals surface area contributed by atoms with Crippen molar-refractivity contribution in [2.45, 2.75) is 26.4 Å². The van der Waals surface area contributed by atoms with E-state index >= 15 is 0 Å². The van der Waals surface area contributed by atoms with Crippen molar-refractivity contribution < 1.29 is 9.47 Å². The minimum Gasteiger partial charge on any atom is -0.493 e. The summed E-state index contributed by atoms with van der Waals surface area (Å²) in [5, 5.41) is 7.36. The molecule has 0 N–H and O–H groups in total. The summed E-state index contributed by atoms with van der Waals surface area (Å²) in [6.07, 6.45) is 3.10. The zero-order valence-electron chi connectivity index (χ0n) is 20.9. The topological polar surface area (TPSA) is 65.7 Å². The Morgan fingerprint density at radius 2 is 1.82 bits per heavy atom. The molecule has 0 aliphatic carbocycles. The molecule has 38 heavy (non-hydrogen) atoms. The molecule has 192 valence electrons. The lowest BCUT2D eigenvalue weighted by Gasteiger charge is -2.15. The molecule has 0 saturated heterocycles. The van der Waals surface area contributed by atoms with E-state index in [1.54, 1.807) is 19.4 Å². The highest BCUT2D eigenvalue weighted by atomic mass is 79.9. The van der Waals surface area contributed by atoms with Crippen LogP contribution >= 0.6 is 31.9 Å². The number of hydrogen-bond acceptors (Lipinski definition) is 5. The quantitative estimate of drug-likeness (QED) is 0.166. The van der Waals surface area contributed by atoms with E-state index in [0.717, 1.165) is 31.9 Å². The van der Waals surface area contributed by atoms with Gasteiger partial charge >= 0.3 is 0 Å². The maximum Gasteiger partial charge on any atom is 0.282 e. The first-order valence-electron chi connectivity index (χ1n) is 12.2. The van der Waals surface area contributed by atoms with Gasteiger partial charge in [0.15, 0.2) is 11.5 Å². The van der Waals surface area contributed by atoms with E-state index in [-0.39, 0.29) is 5.56 Å². The van der Waals surface area contributed by atoms with E-state index < -0.39 is 0 Å². The Kier molecular flexibility index (Phi) is 7.90. The second-order valence-corrected chi connectivity index (χ2v) is 10.5. The second-order valence-electron chi connectivity index (χ2n) is 8.76. The molecule has 0 atom stereocenters. The van der Waals surface area contributed by atoms with E-state index in [1.807, 2.05) is 49.4 Å². The number of hydrogen-bond donors (Lipinski definition) is 0. The summed E-state index contributed by atoms with van der Waals surface area (Å²) >= 11 is 7.07. The summed E-state index contributed by atoms with van der Waals surface area (Å²) in [5.41, 5.74) is 2.28. The van der Waals surface area contributed by atoms with Crippen LogP contribution < -0.4 is 15.0 Å². The van der Waals surface area contributed by atoms with Gasteiger partial charge in [-0.05, 0) is 74.6 Å². The van der Waals surface area contributed by atoms with E-state index in [9.17, 15) is 4.79 Å². The smallest absolute Gasteiger partial charge is 0.282 e. The first-order valence-corrected chi connectivity index (χ1v) is 13.8. The minimum atomic E-state index is -0.211. The van der Waals surface area contributed by atoms with Crippen molar-refractivity contribution in [2.75, 3.05) is 7.11 Å². The summed E-state index contributed by atoms with van der Waals surface area (Å²) in [6.45, 7) is 2.43. The number of ether oxygens (including phenoxy) is 2. The average molecular weight is 635 g/mol. The molecule has 0 aliphatic rings. The largest absolute Gasteiger partial charge is 0.493 e. The first-order chi connectivity index (χ1) is 18.5. The lowest BCUT2D eigenvalue weighted by atomic mass is 10.1. The number of rotatable bonds is 8. The molecule has 1 heterocycles. The number of benzene rings is 4. The molecule has 0 amide bonds. The number of halogens is 2. The number of fused-ring (bicyclic) bond motifs is 2. The van der Waals surface area contributed by atoms with E-state index in [2.05, 4.69) is 61.2 Å². The lowest BCUT2D eigenvalue weighted by molar-refractivity contribution is 0.283. The van der Waals surface area contributed by atoms with E-state index in [0.29, 0.717) is 41.3 Å². The van der Waals surface area contributed by atoms with Crippen LogP contribution in [0.3, 0.4) is 0 Å². The van der Waals surface area contributed by atoms with Gasteiger partial charge in [0.25, 0.3) is 5.56 Å². The van der Waals surface area contributed by atoms with Crippen LogP contribution in [0.15, 0.2) is 91.6 Å². The van der Waals surface area contributed by atoms with Crippen molar-refractivity contribution in [3.8, 4) is 11.5 Å². The van der Waals surface area contributed by atoms with Gasteiger partial charge in [-0.3, -0.25) is 4.79 Å². The van der Waals surface area contributed by atoms with Crippen molar-refractivity contribution in [2.24, 2.45) is 5.10 Å². The Morgan fingerprint density at radius 3 is 2.63 bits per heavy atom. The highest BCUT2D eigenvalue weighted by molar-refractivity contribution is 9.10. The van der Waals surface area contributed by atoms with Gasteiger partial charge in [-0.15, -0.1) is 0 Å². The monoisotopic (exact) mass is 633 g/mol. The van der Waals surface area contributed by atoms with Crippen LogP contribution in [0, 0.1) is 0 Å². The Labute approximate surface area is 237 Å². The zero-order valence-corrected chi connectivity index (χ0v) is 24.1. The average Bonchev–Trinajstić information content (AvgIpc) is 2.92. The fourth-order valence-electron chi connectivity index (χ4n) is 4.35. The molecule has 5 aromatic rings. The highest BCUT2D eigenvalue weighted by Crippen LogP contribution is 2.37. The SMILES string of the molecule is CCCc1nc2ccc(Br)cc2c(=O)n1N=Cc1cc(Br)c(OCc2cccc3ccccc23)c(OC)c1. The van der Waals surface area contributed by atoms with Crippen molar-refractivity contribution in [1.29, 1.82) is 0 Å². The molecule has 6 nitrogen and oxygen atoms in total. The van der Waals surface area contributed by atoms with E-state index in [1.165, 1.54) is 10.1 Å². The molecule has 1 aromatic heterocycles. The van der Waals surface area contributed by atoms with Gasteiger partial charge in [0, 0.05) is 10.9 Å². The summed E-state index contributed by atoms with van der Waals surface area (Å²) < 4.78 is 14.8. The van der Waals surface area contributed by atoms with E-state index in [4.69, 9.17) is 14.5 Å². The van der Waals surface area contributed by atoms with Crippen molar-refractivity contribution in [3.05, 3.63) is 109 Å². The minimum absolute atomic E-state index is 0.211. The highest BCUT2D eigenvalue weighted by Gasteiger charge is 2.14. The predicted octanol–water partition coefficient (Wildman–Crippen LogP) is 7.50. The van der Waals surface area contributed by atoms with Crippen LogP contribution in [0.2, 0.25) is 0 Å². The van der Waals surface area contributed by atoms with Crippen LogP contribution in [-0.4, -0.2) is 23.0 Å². The number of aromatic nitrogens is 2. The number of aryl methyl sites for hydroxylation is 1. The molecule has 0 radical (unpaired) electrons. The third-order valence-electron chi connectivity index (χ3n) is 6.17. The van der Waals surface area contributed by atoms with Gasteiger partial charge in [0.2, 0.25) is 0 Å². The van der Waals surface area contributed by atoms with Crippen LogP contribution in [0.5, 0.6) is 11.5 Å². The molecule has 8 heteroatoms. The summed E-state index contributed by atoms with van der Waals surface area (Å²) in [5.74, 6) is 1.77. The Hall–Kier alpha value is -3.49. The molecule has 0 spiro atoms. The Morgan fingerprint density at radius 1 is 1.00 bits per heavy atom. The normalized spacial score (nSPS) is 11.5. The molecule has 4 aromatic carbocycles. The maximum atomic E-state index is 13.3. The maximum absolute atomic E-state index is 13.3. The fourth-order valence-corrected chi connectivity index (χ4v) is 5.28. The molecule has 0 unspecified atom stereocenters. The van der Waals surface area contributed by atoms with Gasteiger partial charge in [-0.1, -0.05) is 65.3 Å². The van der Waals surface area contributed by atoms with Crippen LogP contribution in [0.4, 0.5) is 0 Å². The second kappa shape index (κ2) is 11.5. The molecule has 0 saturated carbocycles. The van der Waals surface area contributed by atoms with Crippen LogP contribution in [0.1, 0.15) is 30.3 Å². The molecule has 0 fully saturated rings. The number of methoxy groups -OCH3 is 1. The first kappa shape index (κ1) is 26.1. The van der Waals surface area contributed by atoms with Crippen molar-refractivity contribution in [1.82, 2.24) is 9.66 Å². The fraction of sp³-hybridized carbons (Fsp3) is 0.167. The van der Waals surface area contributed by atoms with Crippen LogP contribution in [-0.2, 0) is 13.0 Å². The standard InChI is InChI=1S/C30H25Br2N3O3/c1-3-7-28-34-26-13-12-22(31)16-24(26)30(36)35(28)33-17-19-14-25(32)29(27(15-19)37-2)38-18-21-10-6-9-20-8-4-5-11-23(20)21/h4-6,8-17H,3,7,18H2,1-2H3. The van der Waals surface area contributed by atoms with Gasteiger partial charge in [-0.25, -0.2) is 4.98 Å². The zero-order chi connectivity index (χ0) is 26.6. The molecule has 0 bridgehead atoms. The lowest BCUT2D eigenvalue weighted by Crippen LogP contribution is -2.22. The Bertz CT molecular complexity index is 1730.